The molecule has 4 N–H and O–H groups in total. The highest BCUT2D eigenvalue weighted by Crippen LogP contribution is 2.14. The van der Waals surface area contributed by atoms with E-state index in [0.717, 1.165) is 0 Å². The van der Waals surface area contributed by atoms with Crippen molar-refractivity contribution in [3.63, 3.8) is 0 Å². The van der Waals surface area contributed by atoms with Crippen LogP contribution in [-0.4, -0.2) is 18.0 Å². The van der Waals surface area contributed by atoms with Crippen LogP contribution in [0.2, 0.25) is 0 Å². The van der Waals surface area contributed by atoms with Crippen LogP contribution in [0.3, 0.4) is 0 Å². The summed E-state index contributed by atoms with van der Waals surface area (Å²) in [5.41, 5.74) is 10.6. The Morgan fingerprint density at radius 3 is 2.25 bits per heavy atom. The highest BCUT2D eigenvalue weighted by Gasteiger charge is 2.05. The third kappa shape index (κ3) is 3.61. The molecular weight excluding hydrogens is 206 g/mol. The number of aliphatic imine (C=N–C) groups is 1. The first-order valence-electron chi connectivity index (χ1n) is 4.89. The van der Waals surface area contributed by atoms with Crippen molar-refractivity contribution in [3.8, 4) is 5.75 Å². The van der Waals surface area contributed by atoms with Gasteiger partial charge in [-0.2, -0.15) is 4.99 Å². The smallest absolute Gasteiger partial charge is 0.280 e. The van der Waals surface area contributed by atoms with Gasteiger partial charge in [0.2, 0.25) is 0 Å². The highest BCUT2D eigenvalue weighted by molar-refractivity contribution is 6.01. The Bertz CT molecular complexity index is 392. The Hall–Kier alpha value is -2.04. The molecule has 0 bridgehead atoms. The summed E-state index contributed by atoms with van der Waals surface area (Å²) >= 11 is 0. The fourth-order valence-corrected chi connectivity index (χ4v) is 1.13. The van der Waals surface area contributed by atoms with Crippen LogP contribution in [0.25, 0.3) is 0 Å². The predicted molar refractivity (Wildman–Crippen MR) is 62.3 cm³/mol. The van der Waals surface area contributed by atoms with Crippen molar-refractivity contribution in [1.29, 1.82) is 0 Å². The number of ether oxygens (including phenoxy) is 1. The molecule has 16 heavy (non-hydrogen) atoms. The lowest BCUT2D eigenvalue weighted by Crippen LogP contribution is -2.24. The largest absolute Gasteiger partial charge is 0.491 e. The van der Waals surface area contributed by atoms with Crippen molar-refractivity contribution >= 4 is 11.9 Å². The van der Waals surface area contributed by atoms with Crippen molar-refractivity contribution in [3.05, 3.63) is 29.8 Å². The molecule has 1 rings (SSSR count). The number of benzene rings is 1. The Labute approximate surface area is 94.1 Å². The number of carbonyl (C=O) groups excluding carboxylic acids is 1. The number of nitrogens with zero attached hydrogens (tertiary/aromatic N) is 1. The topological polar surface area (TPSA) is 90.7 Å². The van der Waals surface area contributed by atoms with Crippen LogP contribution in [0.4, 0.5) is 0 Å². The second kappa shape index (κ2) is 5.16. The number of carbonyl (C=O) groups is 1. The zero-order valence-electron chi connectivity index (χ0n) is 9.31. The molecule has 0 aromatic heterocycles. The minimum Gasteiger partial charge on any atom is -0.491 e. The summed E-state index contributed by atoms with van der Waals surface area (Å²) in [7, 11) is 0. The lowest BCUT2D eigenvalue weighted by molar-refractivity contribution is 0.100. The van der Waals surface area contributed by atoms with Crippen LogP contribution in [0.1, 0.15) is 24.2 Å². The van der Waals surface area contributed by atoms with E-state index in [2.05, 4.69) is 4.99 Å². The van der Waals surface area contributed by atoms with E-state index in [1.54, 1.807) is 24.3 Å². The number of amides is 1. The number of hydrogen-bond acceptors (Lipinski definition) is 2. The minimum absolute atomic E-state index is 0.0965. The maximum Gasteiger partial charge on any atom is 0.280 e. The van der Waals surface area contributed by atoms with E-state index in [1.807, 2.05) is 13.8 Å². The first-order valence-corrected chi connectivity index (χ1v) is 4.89. The third-order valence-corrected chi connectivity index (χ3v) is 1.70. The first kappa shape index (κ1) is 12.0. The zero-order valence-corrected chi connectivity index (χ0v) is 9.31. The normalized spacial score (nSPS) is 9.94. The van der Waals surface area contributed by atoms with Gasteiger partial charge in [0.15, 0.2) is 5.96 Å². The fraction of sp³-hybridized carbons (Fsp3) is 0.273. The minimum atomic E-state index is -0.462. The van der Waals surface area contributed by atoms with Gasteiger partial charge in [-0.15, -0.1) is 0 Å². The van der Waals surface area contributed by atoms with Crippen molar-refractivity contribution in [2.45, 2.75) is 20.0 Å². The summed E-state index contributed by atoms with van der Waals surface area (Å²) in [6, 6.07) is 6.64. The van der Waals surface area contributed by atoms with E-state index in [9.17, 15) is 4.79 Å². The molecule has 1 amide bonds. The van der Waals surface area contributed by atoms with Gasteiger partial charge in [0.1, 0.15) is 5.75 Å². The SMILES string of the molecule is CC(C)Oc1ccc(C(=O)N=C(N)N)cc1. The van der Waals surface area contributed by atoms with Gasteiger partial charge in [-0.05, 0) is 38.1 Å². The van der Waals surface area contributed by atoms with E-state index in [1.165, 1.54) is 0 Å². The molecule has 0 fully saturated rings. The van der Waals surface area contributed by atoms with Crippen LogP contribution in [0.5, 0.6) is 5.75 Å². The molecule has 0 atom stereocenters. The standard InChI is InChI=1S/C11H15N3O2/c1-7(2)16-9-5-3-8(4-6-9)10(15)14-11(12)13/h3-7H,1-2H3,(H4,12,13,14,15). The number of rotatable bonds is 3. The molecule has 1 aromatic rings. The zero-order chi connectivity index (χ0) is 12.1. The molecule has 0 aliphatic heterocycles. The van der Waals surface area contributed by atoms with E-state index in [4.69, 9.17) is 16.2 Å². The molecule has 86 valence electrons. The molecular formula is C11H15N3O2. The van der Waals surface area contributed by atoms with Crippen LogP contribution in [-0.2, 0) is 0 Å². The molecule has 0 radical (unpaired) electrons. The van der Waals surface area contributed by atoms with E-state index >= 15 is 0 Å². The molecule has 0 aliphatic rings. The second-order valence-corrected chi connectivity index (χ2v) is 3.53. The summed E-state index contributed by atoms with van der Waals surface area (Å²) in [5, 5.41) is 0. The average molecular weight is 221 g/mol. The lowest BCUT2D eigenvalue weighted by Gasteiger charge is -2.09. The molecule has 0 spiro atoms. The van der Waals surface area contributed by atoms with Gasteiger partial charge in [-0.3, -0.25) is 4.79 Å². The van der Waals surface area contributed by atoms with Crippen molar-refractivity contribution < 1.29 is 9.53 Å². The van der Waals surface area contributed by atoms with Gasteiger partial charge in [0.05, 0.1) is 6.10 Å². The summed E-state index contributed by atoms with van der Waals surface area (Å²) in [6.07, 6.45) is 0.0965. The van der Waals surface area contributed by atoms with Crippen molar-refractivity contribution in [2.75, 3.05) is 0 Å². The van der Waals surface area contributed by atoms with Gasteiger partial charge >= 0.3 is 0 Å². The maximum atomic E-state index is 11.4. The van der Waals surface area contributed by atoms with E-state index < -0.39 is 5.91 Å². The van der Waals surface area contributed by atoms with Gasteiger partial charge in [0.25, 0.3) is 5.91 Å². The summed E-state index contributed by atoms with van der Waals surface area (Å²) in [6.45, 7) is 3.86. The van der Waals surface area contributed by atoms with Crippen LogP contribution < -0.4 is 16.2 Å². The molecule has 5 nitrogen and oxygen atoms in total. The molecule has 0 saturated heterocycles. The Morgan fingerprint density at radius 2 is 1.81 bits per heavy atom. The lowest BCUT2D eigenvalue weighted by atomic mass is 10.2. The summed E-state index contributed by atoms with van der Waals surface area (Å²) in [4.78, 5) is 14.8. The molecule has 0 unspecified atom stereocenters. The Balaban J connectivity index is 2.79. The number of hydrogen-bond donors (Lipinski definition) is 2. The maximum absolute atomic E-state index is 11.4. The molecule has 0 heterocycles. The molecule has 0 saturated carbocycles. The number of nitrogens with two attached hydrogens (primary N) is 2. The molecule has 1 aromatic carbocycles. The average Bonchev–Trinajstić information content (AvgIpc) is 2.16. The number of guanidine groups is 1. The van der Waals surface area contributed by atoms with Crippen molar-refractivity contribution in [1.82, 2.24) is 0 Å². The van der Waals surface area contributed by atoms with Gasteiger partial charge in [0, 0.05) is 5.56 Å². The van der Waals surface area contributed by atoms with Gasteiger partial charge in [-0.1, -0.05) is 0 Å². The highest BCUT2D eigenvalue weighted by atomic mass is 16.5. The fourth-order valence-electron chi connectivity index (χ4n) is 1.13. The van der Waals surface area contributed by atoms with Crippen molar-refractivity contribution in [2.24, 2.45) is 16.5 Å². The molecule has 0 aliphatic carbocycles. The third-order valence-electron chi connectivity index (χ3n) is 1.70. The van der Waals surface area contributed by atoms with E-state index in [0.29, 0.717) is 11.3 Å². The summed E-state index contributed by atoms with van der Waals surface area (Å²) in [5.74, 6) is -0.000135. The molecule has 5 heteroatoms. The Morgan fingerprint density at radius 1 is 1.25 bits per heavy atom. The Kier molecular flexibility index (Phi) is 3.88. The monoisotopic (exact) mass is 221 g/mol. The van der Waals surface area contributed by atoms with Gasteiger partial charge < -0.3 is 16.2 Å². The van der Waals surface area contributed by atoms with Crippen LogP contribution in [0, 0.1) is 0 Å². The second-order valence-electron chi connectivity index (χ2n) is 3.53. The first-order chi connectivity index (χ1) is 7.49. The van der Waals surface area contributed by atoms with E-state index in [-0.39, 0.29) is 12.1 Å². The van der Waals surface area contributed by atoms with Crippen LogP contribution >= 0.6 is 0 Å². The summed E-state index contributed by atoms with van der Waals surface area (Å²) < 4.78 is 5.43. The van der Waals surface area contributed by atoms with Crippen LogP contribution in [0.15, 0.2) is 29.3 Å². The quantitative estimate of drug-likeness (QED) is 0.585. The van der Waals surface area contributed by atoms with Gasteiger partial charge in [-0.25, -0.2) is 0 Å². The predicted octanol–water partition coefficient (Wildman–Crippen LogP) is 0.887.